The Labute approximate surface area is 95.4 Å². The Morgan fingerprint density at radius 2 is 2.31 bits per heavy atom. The Bertz CT molecular complexity index is 413. The highest BCUT2D eigenvalue weighted by Gasteiger charge is 2.24. The zero-order chi connectivity index (χ0) is 12.3. The third-order valence-corrected chi connectivity index (χ3v) is 2.11. The lowest BCUT2D eigenvalue weighted by atomic mass is 10.1. The molecule has 0 aliphatic rings. The van der Waals surface area contributed by atoms with Crippen LogP contribution >= 0.6 is 11.6 Å². The first-order chi connectivity index (χ1) is 7.51. The van der Waals surface area contributed by atoms with E-state index < -0.39 is 18.0 Å². The molecule has 2 N–H and O–H groups in total. The average molecular weight is 251 g/mol. The minimum atomic E-state index is -2.85. The van der Waals surface area contributed by atoms with Crippen LogP contribution in [0.4, 0.5) is 8.78 Å². The van der Waals surface area contributed by atoms with Crippen LogP contribution in [-0.2, 0) is 11.3 Å². The molecule has 0 radical (unpaired) electrons. The molecular weight excluding hydrogens is 242 g/mol. The summed E-state index contributed by atoms with van der Waals surface area (Å²) in [5, 5.41) is -0.136. The first-order valence-electron chi connectivity index (χ1n) is 4.27. The van der Waals surface area contributed by atoms with E-state index in [9.17, 15) is 13.6 Å². The lowest BCUT2D eigenvalue weighted by Crippen LogP contribution is -2.15. The van der Waals surface area contributed by atoms with Gasteiger partial charge in [-0.2, -0.15) is 0 Å². The van der Waals surface area contributed by atoms with Gasteiger partial charge in [0.15, 0.2) is 0 Å². The number of carbonyl (C=O) groups is 1. The molecule has 0 amide bonds. The molecule has 1 aromatic heterocycles. The van der Waals surface area contributed by atoms with Crippen LogP contribution in [-0.4, -0.2) is 18.1 Å². The smallest absolute Gasteiger partial charge is 0.340 e. The number of alkyl halides is 2. The highest BCUT2D eigenvalue weighted by atomic mass is 35.5. The Hall–Kier alpha value is -1.27. The maximum Gasteiger partial charge on any atom is 0.340 e. The predicted molar refractivity (Wildman–Crippen MR) is 53.4 cm³/mol. The molecule has 7 heteroatoms. The largest absolute Gasteiger partial charge is 0.465 e. The molecule has 0 fully saturated rings. The van der Waals surface area contributed by atoms with Crippen molar-refractivity contribution < 1.29 is 18.3 Å². The maximum atomic E-state index is 12.7. The first-order valence-corrected chi connectivity index (χ1v) is 4.64. The number of carbonyl (C=O) groups excluding carboxylic acids is 1. The van der Waals surface area contributed by atoms with Crippen molar-refractivity contribution in [2.75, 3.05) is 7.11 Å². The quantitative estimate of drug-likeness (QED) is 0.657. The zero-order valence-corrected chi connectivity index (χ0v) is 9.09. The van der Waals surface area contributed by atoms with Crippen LogP contribution in [0.1, 0.15) is 28.0 Å². The monoisotopic (exact) mass is 250 g/mol. The van der Waals surface area contributed by atoms with Gasteiger partial charge in [0.1, 0.15) is 5.15 Å². The molecule has 4 nitrogen and oxygen atoms in total. The molecule has 16 heavy (non-hydrogen) atoms. The SMILES string of the molecule is COC(=O)c1c(C(F)F)cc(Cl)nc1CN. The number of hydrogen-bond acceptors (Lipinski definition) is 4. The number of halogens is 3. The summed E-state index contributed by atoms with van der Waals surface area (Å²) in [4.78, 5) is 15.0. The molecule has 0 aliphatic heterocycles. The lowest BCUT2D eigenvalue weighted by Gasteiger charge is -2.11. The van der Waals surface area contributed by atoms with Gasteiger partial charge in [-0.3, -0.25) is 0 Å². The van der Waals surface area contributed by atoms with Gasteiger partial charge in [-0.25, -0.2) is 18.6 Å². The van der Waals surface area contributed by atoms with Crippen molar-refractivity contribution in [3.8, 4) is 0 Å². The van der Waals surface area contributed by atoms with Crippen LogP contribution < -0.4 is 5.73 Å². The van der Waals surface area contributed by atoms with Crippen molar-refractivity contribution in [1.29, 1.82) is 0 Å². The van der Waals surface area contributed by atoms with Crippen LogP contribution in [0.3, 0.4) is 0 Å². The van der Waals surface area contributed by atoms with E-state index in [0.717, 1.165) is 13.2 Å². The van der Waals surface area contributed by atoms with E-state index in [1.165, 1.54) is 0 Å². The summed E-state index contributed by atoms with van der Waals surface area (Å²) in [5.74, 6) is -0.903. The predicted octanol–water partition coefficient (Wildman–Crippen LogP) is 1.92. The van der Waals surface area contributed by atoms with Crippen molar-refractivity contribution in [1.82, 2.24) is 4.98 Å². The number of pyridine rings is 1. The van der Waals surface area contributed by atoms with Crippen LogP contribution in [0.25, 0.3) is 0 Å². The minimum absolute atomic E-state index is 0.00495. The average Bonchev–Trinajstić information content (AvgIpc) is 2.26. The number of ether oxygens (including phenoxy) is 1. The summed E-state index contributed by atoms with van der Waals surface area (Å²) >= 11 is 5.54. The van der Waals surface area contributed by atoms with Crippen LogP contribution in [0, 0.1) is 0 Å². The molecule has 0 atom stereocenters. The van der Waals surface area contributed by atoms with Gasteiger partial charge in [-0.1, -0.05) is 11.6 Å². The van der Waals surface area contributed by atoms with E-state index in [4.69, 9.17) is 17.3 Å². The van der Waals surface area contributed by atoms with Crippen LogP contribution in [0.15, 0.2) is 6.07 Å². The van der Waals surface area contributed by atoms with Gasteiger partial charge in [0.05, 0.1) is 18.4 Å². The van der Waals surface area contributed by atoms with Gasteiger partial charge in [0.2, 0.25) is 0 Å². The fraction of sp³-hybridized carbons (Fsp3) is 0.333. The molecule has 1 aromatic rings. The van der Waals surface area contributed by atoms with Crippen LogP contribution in [0.2, 0.25) is 5.15 Å². The maximum absolute atomic E-state index is 12.7. The Morgan fingerprint density at radius 1 is 1.69 bits per heavy atom. The van der Waals surface area contributed by atoms with E-state index in [1.54, 1.807) is 0 Å². The fourth-order valence-corrected chi connectivity index (χ4v) is 1.46. The highest BCUT2D eigenvalue weighted by molar-refractivity contribution is 6.29. The zero-order valence-electron chi connectivity index (χ0n) is 8.34. The molecule has 1 rings (SSSR count). The van der Waals surface area contributed by atoms with Gasteiger partial charge in [0.25, 0.3) is 6.43 Å². The number of nitrogens with zero attached hydrogens (tertiary/aromatic N) is 1. The van der Waals surface area contributed by atoms with Crippen molar-refractivity contribution in [3.05, 3.63) is 28.0 Å². The minimum Gasteiger partial charge on any atom is -0.465 e. The molecule has 0 saturated carbocycles. The number of esters is 1. The molecule has 0 unspecified atom stereocenters. The highest BCUT2D eigenvalue weighted by Crippen LogP contribution is 2.27. The fourth-order valence-electron chi connectivity index (χ4n) is 1.24. The normalized spacial score (nSPS) is 10.6. The number of aromatic nitrogens is 1. The Kier molecular flexibility index (Phi) is 4.14. The van der Waals surface area contributed by atoms with Gasteiger partial charge in [-0.05, 0) is 6.07 Å². The second-order valence-corrected chi connectivity index (χ2v) is 3.24. The number of hydrogen-bond donors (Lipinski definition) is 1. The van der Waals surface area contributed by atoms with Crippen molar-refractivity contribution in [3.63, 3.8) is 0 Å². The number of rotatable bonds is 3. The summed E-state index contributed by atoms with van der Waals surface area (Å²) in [7, 11) is 1.09. The Balaban J connectivity index is 3.45. The van der Waals surface area contributed by atoms with E-state index in [1.807, 2.05) is 0 Å². The molecule has 0 saturated heterocycles. The van der Waals surface area contributed by atoms with Gasteiger partial charge in [0, 0.05) is 12.1 Å². The molecular formula is C9H9ClF2N2O2. The van der Waals surface area contributed by atoms with E-state index >= 15 is 0 Å². The topological polar surface area (TPSA) is 65.2 Å². The van der Waals surface area contributed by atoms with Crippen molar-refractivity contribution in [2.24, 2.45) is 5.73 Å². The van der Waals surface area contributed by atoms with Crippen molar-refractivity contribution >= 4 is 17.6 Å². The molecule has 0 aromatic carbocycles. The van der Waals surface area contributed by atoms with E-state index in [-0.39, 0.29) is 23.0 Å². The van der Waals surface area contributed by atoms with Gasteiger partial charge < -0.3 is 10.5 Å². The Morgan fingerprint density at radius 3 is 2.75 bits per heavy atom. The second-order valence-electron chi connectivity index (χ2n) is 2.85. The summed E-state index contributed by atoms with van der Waals surface area (Å²) in [6.45, 7) is -0.176. The standard InChI is InChI=1S/C9H9ClF2N2O2/c1-16-9(15)7-4(8(11)12)2-6(10)14-5(7)3-13/h2,8H,3,13H2,1H3. The summed E-state index contributed by atoms with van der Waals surface area (Å²) in [6, 6.07) is 0.928. The van der Waals surface area contributed by atoms with E-state index in [2.05, 4.69) is 9.72 Å². The molecule has 88 valence electrons. The van der Waals surface area contributed by atoms with Crippen molar-refractivity contribution in [2.45, 2.75) is 13.0 Å². The third-order valence-electron chi connectivity index (χ3n) is 1.91. The summed E-state index contributed by atoms with van der Waals surface area (Å²) in [5.41, 5.74) is 4.47. The number of methoxy groups -OCH3 is 1. The van der Waals surface area contributed by atoms with Gasteiger partial charge >= 0.3 is 5.97 Å². The van der Waals surface area contributed by atoms with Crippen LogP contribution in [0.5, 0.6) is 0 Å². The molecule has 1 heterocycles. The number of nitrogens with two attached hydrogens (primary N) is 1. The first kappa shape index (κ1) is 12.8. The van der Waals surface area contributed by atoms with E-state index in [0.29, 0.717) is 0 Å². The third kappa shape index (κ3) is 2.45. The lowest BCUT2D eigenvalue weighted by molar-refractivity contribution is 0.0587. The molecule has 0 spiro atoms. The summed E-state index contributed by atoms with van der Waals surface area (Å²) < 4.78 is 29.8. The molecule has 0 aliphatic carbocycles. The van der Waals surface area contributed by atoms with Gasteiger partial charge in [-0.15, -0.1) is 0 Å². The molecule has 0 bridgehead atoms. The second kappa shape index (κ2) is 5.18. The summed E-state index contributed by atoms with van der Waals surface area (Å²) in [6.07, 6.45) is -2.85.